The first-order valence-corrected chi connectivity index (χ1v) is 6.96. The van der Waals surface area contributed by atoms with Gasteiger partial charge in [-0.1, -0.05) is 0 Å². The van der Waals surface area contributed by atoms with Crippen molar-refractivity contribution in [3.8, 4) is 0 Å². The molecular weight excluding hydrogens is 236 g/mol. The number of carbonyl (C=O) groups excluding carboxylic acids is 1. The smallest absolute Gasteiger partial charge is 0.229 e. The summed E-state index contributed by atoms with van der Waals surface area (Å²) in [6.07, 6.45) is 2.85. The lowest BCUT2D eigenvalue weighted by Gasteiger charge is -2.10. The molecule has 3 unspecified atom stereocenters. The normalized spacial score (nSPS) is 32.0. The van der Waals surface area contributed by atoms with Crippen molar-refractivity contribution in [2.45, 2.75) is 32.3 Å². The SMILES string of the molecule is CC(O)c1csc(NC(=O)C2CC3CC3C2)n1. The van der Waals surface area contributed by atoms with Crippen LogP contribution >= 0.6 is 11.3 Å². The molecule has 17 heavy (non-hydrogen) atoms. The molecule has 0 spiro atoms. The van der Waals surface area contributed by atoms with Crippen LogP contribution in [0.3, 0.4) is 0 Å². The molecule has 0 aliphatic heterocycles. The zero-order valence-electron chi connectivity index (χ0n) is 9.72. The van der Waals surface area contributed by atoms with Crippen molar-refractivity contribution in [3.63, 3.8) is 0 Å². The Labute approximate surface area is 104 Å². The Balaban J connectivity index is 1.60. The first-order chi connectivity index (χ1) is 8.13. The molecule has 2 fully saturated rings. The summed E-state index contributed by atoms with van der Waals surface area (Å²) in [6.45, 7) is 1.67. The van der Waals surface area contributed by atoms with E-state index in [2.05, 4.69) is 10.3 Å². The number of amides is 1. The number of fused-ring (bicyclic) bond motifs is 1. The molecule has 0 saturated heterocycles. The molecule has 0 bridgehead atoms. The second kappa shape index (κ2) is 4.07. The van der Waals surface area contributed by atoms with E-state index in [1.807, 2.05) is 0 Å². The van der Waals surface area contributed by atoms with Crippen molar-refractivity contribution in [1.82, 2.24) is 4.98 Å². The standard InChI is InChI=1S/C12H16N2O2S/c1-6(15)10-5-17-12(13-10)14-11(16)9-3-7-2-8(7)4-9/h5-9,15H,2-4H2,1H3,(H,13,14,16). The van der Waals surface area contributed by atoms with Gasteiger partial charge in [-0.05, 0) is 38.0 Å². The van der Waals surface area contributed by atoms with E-state index in [-0.39, 0.29) is 11.8 Å². The molecule has 1 aromatic heterocycles. The molecule has 1 amide bonds. The Morgan fingerprint density at radius 2 is 2.24 bits per heavy atom. The highest BCUT2D eigenvalue weighted by Crippen LogP contribution is 2.54. The summed E-state index contributed by atoms with van der Waals surface area (Å²) in [5.74, 6) is 1.91. The number of anilines is 1. The third-order valence-corrected chi connectivity index (χ3v) is 4.57. The molecule has 2 N–H and O–H groups in total. The van der Waals surface area contributed by atoms with Crippen LogP contribution in [0.2, 0.25) is 0 Å². The van der Waals surface area contributed by atoms with Crippen LogP contribution in [0.1, 0.15) is 38.0 Å². The first-order valence-electron chi connectivity index (χ1n) is 6.08. The second-order valence-corrected chi connectivity index (χ2v) is 6.03. The molecule has 2 aliphatic carbocycles. The Morgan fingerprint density at radius 1 is 1.53 bits per heavy atom. The van der Waals surface area contributed by atoms with E-state index in [4.69, 9.17) is 0 Å². The van der Waals surface area contributed by atoms with E-state index >= 15 is 0 Å². The Hall–Kier alpha value is -0.940. The van der Waals surface area contributed by atoms with Gasteiger partial charge in [0.15, 0.2) is 5.13 Å². The lowest BCUT2D eigenvalue weighted by molar-refractivity contribution is -0.120. The monoisotopic (exact) mass is 252 g/mol. The molecule has 92 valence electrons. The number of aliphatic hydroxyl groups excluding tert-OH is 1. The number of aromatic nitrogens is 1. The van der Waals surface area contributed by atoms with Gasteiger partial charge in [0.2, 0.25) is 5.91 Å². The van der Waals surface area contributed by atoms with Crippen molar-refractivity contribution >= 4 is 22.4 Å². The maximum atomic E-state index is 12.0. The number of thiazole rings is 1. The fourth-order valence-corrected chi connectivity index (χ4v) is 3.47. The zero-order valence-corrected chi connectivity index (χ0v) is 10.5. The number of hydrogen-bond acceptors (Lipinski definition) is 4. The van der Waals surface area contributed by atoms with Crippen LogP contribution in [0, 0.1) is 17.8 Å². The number of rotatable bonds is 3. The first kappa shape index (κ1) is 11.2. The summed E-state index contributed by atoms with van der Waals surface area (Å²) >= 11 is 1.37. The topological polar surface area (TPSA) is 62.2 Å². The van der Waals surface area contributed by atoms with Gasteiger partial charge in [-0.2, -0.15) is 0 Å². The van der Waals surface area contributed by atoms with Gasteiger partial charge in [-0.3, -0.25) is 4.79 Å². The van der Waals surface area contributed by atoms with Gasteiger partial charge >= 0.3 is 0 Å². The number of aliphatic hydroxyl groups is 1. The van der Waals surface area contributed by atoms with Gasteiger partial charge in [-0.25, -0.2) is 4.98 Å². The number of hydrogen-bond donors (Lipinski definition) is 2. The summed E-state index contributed by atoms with van der Waals surface area (Å²) in [4.78, 5) is 16.1. The van der Waals surface area contributed by atoms with E-state index in [0.717, 1.165) is 24.7 Å². The van der Waals surface area contributed by atoms with Crippen LogP contribution < -0.4 is 5.32 Å². The molecule has 2 aliphatic rings. The van der Waals surface area contributed by atoms with Gasteiger partial charge in [-0.15, -0.1) is 11.3 Å². The van der Waals surface area contributed by atoms with Gasteiger partial charge < -0.3 is 10.4 Å². The minimum absolute atomic E-state index is 0.101. The highest BCUT2D eigenvalue weighted by atomic mass is 32.1. The van der Waals surface area contributed by atoms with Crippen molar-refractivity contribution in [2.75, 3.05) is 5.32 Å². The maximum absolute atomic E-state index is 12.0. The van der Waals surface area contributed by atoms with Crippen LogP contribution in [0.4, 0.5) is 5.13 Å². The van der Waals surface area contributed by atoms with Crippen molar-refractivity contribution in [2.24, 2.45) is 17.8 Å². The highest BCUT2D eigenvalue weighted by Gasteiger charge is 2.48. The number of carbonyl (C=O) groups is 1. The largest absolute Gasteiger partial charge is 0.387 e. The number of nitrogens with one attached hydrogen (secondary N) is 1. The minimum Gasteiger partial charge on any atom is -0.387 e. The van der Waals surface area contributed by atoms with Gasteiger partial charge in [0, 0.05) is 11.3 Å². The summed E-state index contributed by atoms with van der Waals surface area (Å²) < 4.78 is 0. The van der Waals surface area contributed by atoms with E-state index < -0.39 is 6.10 Å². The lowest BCUT2D eigenvalue weighted by Crippen LogP contribution is -2.21. The van der Waals surface area contributed by atoms with E-state index in [1.165, 1.54) is 17.8 Å². The maximum Gasteiger partial charge on any atom is 0.229 e. The Morgan fingerprint density at radius 3 is 2.82 bits per heavy atom. The Bertz CT molecular complexity index is 433. The summed E-state index contributed by atoms with van der Waals surface area (Å²) in [6, 6.07) is 0. The molecule has 3 atom stereocenters. The van der Waals surface area contributed by atoms with Crippen molar-refractivity contribution < 1.29 is 9.90 Å². The van der Waals surface area contributed by atoms with Crippen molar-refractivity contribution in [1.29, 1.82) is 0 Å². The lowest BCUT2D eigenvalue weighted by atomic mass is 10.0. The molecule has 1 heterocycles. The summed E-state index contributed by atoms with van der Waals surface area (Å²) in [7, 11) is 0. The quantitative estimate of drug-likeness (QED) is 0.866. The molecule has 4 nitrogen and oxygen atoms in total. The predicted molar refractivity (Wildman–Crippen MR) is 65.7 cm³/mol. The van der Waals surface area contributed by atoms with Crippen LogP contribution in [0.15, 0.2) is 5.38 Å². The third kappa shape index (κ3) is 2.21. The Kier molecular flexibility index (Phi) is 2.67. The average molecular weight is 252 g/mol. The average Bonchev–Trinajstić information content (AvgIpc) is 2.75. The predicted octanol–water partition coefficient (Wildman–Crippen LogP) is 2.18. The van der Waals surface area contributed by atoms with Crippen LogP contribution in [0.5, 0.6) is 0 Å². The van der Waals surface area contributed by atoms with E-state index in [0.29, 0.717) is 10.8 Å². The molecule has 0 aromatic carbocycles. The zero-order chi connectivity index (χ0) is 12.0. The van der Waals surface area contributed by atoms with Crippen LogP contribution in [-0.2, 0) is 4.79 Å². The second-order valence-electron chi connectivity index (χ2n) is 5.17. The molecule has 2 saturated carbocycles. The fraction of sp³-hybridized carbons (Fsp3) is 0.667. The molecule has 0 radical (unpaired) electrons. The van der Waals surface area contributed by atoms with Gasteiger partial charge in [0.1, 0.15) is 0 Å². The minimum atomic E-state index is -0.573. The molecule has 1 aromatic rings. The van der Waals surface area contributed by atoms with Crippen LogP contribution in [-0.4, -0.2) is 16.0 Å². The fourth-order valence-electron chi connectivity index (χ4n) is 2.67. The third-order valence-electron chi connectivity index (χ3n) is 3.79. The van der Waals surface area contributed by atoms with E-state index in [9.17, 15) is 9.90 Å². The summed E-state index contributed by atoms with van der Waals surface area (Å²) in [5.41, 5.74) is 0.625. The summed E-state index contributed by atoms with van der Waals surface area (Å²) in [5, 5.41) is 14.6. The van der Waals surface area contributed by atoms with Gasteiger partial charge in [0.05, 0.1) is 11.8 Å². The number of nitrogens with zero attached hydrogens (tertiary/aromatic N) is 1. The molecule has 5 heteroatoms. The molecule has 3 rings (SSSR count). The van der Waals surface area contributed by atoms with Gasteiger partial charge in [0.25, 0.3) is 0 Å². The molecular formula is C12H16N2O2S. The highest BCUT2D eigenvalue weighted by molar-refractivity contribution is 7.13. The van der Waals surface area contributed by atoms with Crippen LogP contribution in [0.25, 0.3) is 0 Å². The van der Waals surface area contributed by atoms with E-state index in [1.54, 1.807) is 12.3 Å². The van der Waals surface area contributed by atoms with Crippen molar-refractivity contribution in [3.05, 3.63) is 11.1 Å².